The van der Waals surface area contributed by atoms with E-state index in [0.717, 1.165) is 0 Å². The summed E-state index contributed by atoms with van der Waals surface area (Å²) in [5.74, 6) is 0.117. The topological polar surface area (TPSA) is 34.9 Å². The van der Waals surface area contributed by atoms with Gasteiger partial charge in [0.2, 0.25) is 5.91 Å². The lowest BCUT2D eigenvalue weighted by atomic mass is 10.2. The highest BCUT2D eigenvalue weighted by molar-refractivity contribution is 5.80. The summed E-state index contributed by atoms with van der Waals surface area (Å²) in [6, 6.07) is 0. The Kier molecular flexibility index (Phi) is 1.85. The molecule has 0 amide bonds. The summed E-state index contributed by atoms with van der Waals surface area (Å²) in [6.45, 7) is 3.73. The molecule has 0 unspecified atom stereocenters. The van der Waals surface area contributed by atoms with E-state index in [0.29, 0.717) is 0 Å². The molecule has 10 heavy (non-hydrogen) atoms. The van der Waals surface area contributed by atoms with Gasteiger partial charge in [0, 0.05) is 18.3 Å². The molecular formula is C7H10N2O. The molecule has 0 saturated heterocycles. The van der Waals surface area contributed by atoms with Gasteiger partial charge in [0.05, 0.1) is 0 Å². The molecule has 0 atom stereocenters. The lowest BCUT2D eigenvalue weighted by Gasteiger charge is -2.01. The summed E-state index contributed by atoms with van der Waals surface area (Å²) >= 11 is 0. The van der Waals surface area contributed by atoms with Crippen molar-refractivity contribution in [3.8, 4) is 0 Å². The highest BCUT2D eigenvalue weighted by Gasteiger charge is 2.07. The van der Waals surface area contributed by atoms with E-state index >= 15 is 0 Å². The van der Waals surface area contributed by atoms with Crippen LogP contribution in [0, 0.1) is 5.92 Å². The molecule has 0 radical (unpaired) electrons. The Bertz CT molecular complexity index is 214. The molecular weight excluding hydrogens is 128 g/mol. The minimum atomic E-state index is 0.0363. The molecule has 0 aliphatic heterocycles. The molecule has 0 aliphatic carbocycles. The van der Waals surface area contributed by atoms with E-state index in [1.807, 2.05) is 13.8 Å². The predicted molar refractivity (Wildman–Crippen MR) is 37.7 cm³/mol. The van der Waals surface area contributed by atoms with Gasteiger partial charge in [-0.3, -0.25) is 9.36 Å². The second-order valence-electron chi connectivity index (χ2n) is 2.46. The van der Waals surface area contributed by atoms with Gasteiger partial charge in [0.1, 0.15) is 6.33 Å². The molecule has 54 valence electrons. The molecule has 3 heteroatoms. The quantitative estimate of drug-likeness (QED) is 0.584. The Morgan fingerprint density at radius 2 is 2.30 bits per heavy atom. The van der Waals surface area contributed by atoms with Crippen molar-refractivity contribution in [2.24, 2.45) is 5.92 Å². The maximum atomic E-state index is 11.1. The Balaban J connectivity index is 2.78. The second-order valence-corrected chi connectivity index (χ2v) is 2.46. The third-order valence-corrected chi connectivity index (χ3v) is 1.25. The smallest absolute Gasteiger partial charge is 0.234 e. The standard InChI is InChI=1S/C7H10N2O/c1-6(2)7(10)9-4-3-8-5-9/h3-6H,1-2H3. The molecule has 1 rings (SSSR count). The van der Waals surface area contributed by atoms with Gasteiger partial charge in [-0.15, -0.1) is 0 Å². The molecule has 0 N–H and O–H groups in total. The normalized spacial score (nSPS) is 10.3. The summed E-state index contributed by atoms with van der Waals surface area (Å²) in [5, 5.41) is 0. The lowest BCUT2D eigenvalue weighted by Crippen LogP contribution is -2.14. The summed E-state index contributed by atoms with van der Waals surface area (Å²) in [5.41, 5.74) is 0. The molecule has 0 aromatic carbocycles. The number of carbonyl (C=O) groups is 1. The highest BCUT2D eigenvalue weighted by atomic mass is 16.2. The first-order chi connectivity index (χ1) is 4.72. The van der Waals surface area contributed by atoms with Gasteiger partial charge < -0.3 is 0 Å². The first-order valence-electron chi connectivity index (χ1n) is 3.24. The van der Waals surface area contributed by atoms with Crippen molar-refractivity contribution in [3.05, 3.63) is 18.7 Å². The van der Waals surface area contributed by atoms with Crippen molar-refractivity contribution < 1.29 is 4.79 Å². The Morgan fingerprint density at radius 1 is 1.60 bits per heavy atom. The van der Waals surface area contributed by atoms with Gasteiger partial charge >= 0.3 is 0 Å². The van der Waals surface area contributed by atoms with Crippen LogP contribution in [0.15, 0.2) is 18.7 Å². The van der Waals surface area contributed by atoms with Gasteiger partial charge in [0.15, 0.2) is 0 Å². The zero-order valence-corrected chi connectivity index (χ0v) is 6.11. The van der Waals surface area contributed by atoms with E-state index in [1.165, 1.54) is 10.9 Å². The summed E-state index contributed by atoms with van der Waals surface area (Å²) in [6.07, 6.45) is 4.77. The van der Waals surface area contributed by atoms with Gasteiger partial charge in [0.25, 0.3) is 0 Å². The monoisotopic (exact) mass is 138 g/mol. The third kappa shape index (κ3) is 1.23. The van der Waals surface area contributed by atoms with Crippen LogP contribution in [0.4, 0.5) is 0 Å². The van der Waals surface area contributed by atoms with Crippen molar-refractivity contribution in [1.82, 2.24) is 9.55 Å². The highest BCUT2D eigenvalue weighted by Crippen LogP contribution is 1.97. The molecule has 0 saturated carbocycles. The van der Waals surface area contributed by atoms with Gasteiger partial charge in [-0.05, 0) is 0 Å². The molecule has 1 aromatic rings. The lowest BCUT2D eigenvalue weighted by molar-refractivity contribution is 0.0855. The first kappa shape index (κ1) is 6.99. The van der Waals surface area contributed by atoms with E-state index in [9.17, 15) is 4.79 Å². The summed E-state index contributed by atoms with van der Waals surface area (Å²) in [7, 11) is 0. The van der Waals surface area contributed by atoms with Crippen LogP contribution in [0.1, 0.15) is 18.6 Å². The van der Waals surface area contributed by atoms with Crippen molar-refractivity contribution >= 4 is 5.91 Å². The van der Waals surface area contributed by atoms with Crippen LogP contribution in [0.3, 0.4) is 0 Å². The molecule has 1 heterocycles. The number of hydrogen-bond donors (Lipinski definition) is 0. The SMILES string of the molecule is CC(C)C(=O)n1ccnc1. The van der Waals surface area contributed by atoms with Gasteiger partial charge in [-0.25, -0.2) is 4.98 Å². The molecule has 0 bridgehead atoms. The zero-order valence-electron chi connectivity index (χ0n) is 6.11. The van der Waals surface area contributed by atoms with Crippen LogP contribution in [-0.4, -0.2) is 15.5 Å². The minimum absolute atomic E-state index is 0.0363. The van der Waals surface area contributed by atoms with Crippen LogP contribution in [0.2, 0.25) is 0 Å². The third-order valence-electron chi connectivity index (χ3n) is 1.25. The number of rotatable bonds is 1. The van der Waals surface area contributed by atoms with Crippen molar-refractivity contribution in [1.29, 1.82) is 0 Å². The van der Waals surface area contributed by atoms with Crippen LogP contribution < -0.4 is 0 Å². The maximum Gasteiger partial charge on any atom is 0.234 e. The molecule has 0 fully saturated rings. The van der Waals surface area contributed by atoms with Crippen LogP contribution in [0.5, 0.6) is 0 Å². The molecule has 1 aromatic heterocycles. The van der Waals surface area contributed by atoms with Crippen LogP contribution in [0.25, 0.3) is 0 Å². The van der Waals surface area contributed by atoms with Gasteiger partial charge in [-0.2, -0.15) is 0 Å². The van der Waals surface area contributed by atoms with Crippen molar-refractivity contribution in [3.63, 3.8) is 0 Å². The number of nitrogens with zero attached hydrogens (tertiary/aromatic N) is 2. The average molecular weight is 138 g/mol. The Hall–Kier alpha value is -1.12. The average Bonchev–Trinajstić information content (AvgIpc) is 2.36. The number of hydrogen-bond acceptors (Lipinski definition) is 2. The second kappa shape index (κ2) is 2.64. The maximum absolute atomic E-state index is 11.1. The van der Waals surface area contributed by atoms with Crippen LogP contribution in [-0.2, 0) is 0 Å². The van der Waals surface area contributed by atoms with E-state index in [-0.39, 0.29) is 11.8 Å². The fraction of sp³-hybridized carbons (Fsp3) is 0.429. The molecule has 0 spiro atoms. The molecule has 0 aliphatic rings. The fourth-order valence-corrected chi connectivity index (χ4v) is 0.688. The first-order valence-corrected chi connectivity index (χ1v) is 3.24. The van der Waals surface area contributed by atoms with Crippen molar-refractivity contribution in [2.75, 3.05) is 0 Å². The largest absolute Gasteiger partial charge is 0.276 e. The Morgan fingerprint density at radius 3 is 2.70 bits per heavy atom. The van der Waals surface area contributed by atoms with Crippen molar-refractivity contribution in [2.45, 2.75) is 13.8 Å². The van der Waals surface area contributed by atoms with E-state index in [1.54, 1.807) is 12.4 Å². The zero-order chi connectivity index (χ0) is 7.56. The number of aromatic nitrogens is 2. The fourth-order valence-electron chi connectivity index (χ4n) is 0.688. The number of imidazole rings is 1. The van der Waals surface area contributed by atoms with E-state index in [4.69, 9.17) is 0 Å². The Labute approximate surface area is 59.7 Å². The predicted octanol–water partition coefficient (Wildman–Crippen LogP) is 1.18. The minimum Gasteiger partial charge on any atom is -0.276 e. The van der Waals surface area contributed by atoms with Gasteiger partial charge in [-0.1, -0.05) is 13.8 Å². The number of carbonyl (C=O) groups excluding carboxylic acids is 1. The van der Waals surface area contributed by atoms with E-state index in [2.05, 4.69) is 4.98 Å². The summed E-state index contributed by atoms with van der Waals surface area (Å²) in [4.78, 5) is 14.9. The summed E-state index contributed by atoms with van der Waals surface area (Å²) < 4.78 is 1.49. The molecule has 3 nitrogen and oxygen atoms in total. The van der Waals surface area contributed by atoms with E-state index < -0.39 is 0 Å². The van der Waals surface area contributed by atoms with Crippen LogP contribution >= 0.6 is 0 Å².